The number of methoxy groups -OCH3 is 1. The van der Waals surface area contributed by atoms with Crippen LogP contribution in [0.15, 0.2) is 24.3 Å². The number of rotatable bonds is 2. The van der Waals surface area contributed by atoms with Gasteiger partial charge in [0.15, 0.2) is 0 Å². The molecule has 78 valence electrons. The van der Waals surface area contributed by atoms with Gasteiger partial charge in [-0.1, -0.05) is 11.6 Å². The smallest absolute Gasteiger partial charge is 0.125 e. The Hall–Kier alpha value is -1.19. The molecule has 4 heteroatoms. The second-order valence-corrected chi connectivity index (χ2v) is 3.60. The molecule has 1 aromatic carbocycles. The number of fused-ring (bicyclic) bond motifs is 1. The second-order valence-electron chi connectivity index (χ2n) is 3.19. The van der Waals surface area contributed by atoms with Gasteiger partial charge >= 0.3 is 0 Å². The first-order valence-electron chi connectivity index (χ1n) is 4.44. The molecule has 0 unspecified atom stereocenters. The Morgan fingerprint density at radius 3 is 2.93 bits per heavy atom. The molecule has 0 amide bonds. The summed E-state index contributed by atoms with van der Waals surface area (Å²) in [6, 6.07) is 6.08. The highest BCUT2D eigenvalue weighted by Crippen LogP contribution is 2.23. The minimum Gasteiger partial charge on any atom is -0.378 e. The van der Waals surface area contributed by atoms with E-state index in [9.17, 15) is 4.39 Å². The van der Waals surface area contributed by atoms with Gasteiger partial charge in [-0.25, -0.2) is 4.39 Å². The third-order valence-corrected chi connectivity index (χ3v) is 2.38. The van der Waals surface area contributed by atoms with Crippen molar-refractivity contribution >= 4 is 22.5 Å². The zero-order valence-corrected chi connectivity index (χ0v) is 8.88. The van der Waals surface area contributed by atoms with Gasteiger partial charge in [-0.2, -0.15) is 0 Å². The average Bonchev–Trinajstić information content (AvgIpc) is 2.17. The Morgan fingerprint density at radius 1 is 1.40 bits per heavy atom. The Morgan fingerprint density at radius 2 is 2.20 bits per heavy atom. The quantitative estimate of drug-likeness (QED) is 0.783. The monoisotopic (exact) mass is 225 g/mol. The molecule has 2 aromatic rings. The van der Waals surface area contributed by atoms with Crippen LogP contribution in [-0.2, 0) is 11.3 Å². The Labute approximate surface area is 91.6 Å². The first-order valence-corrected chi connectivity index (χ1v) is 4.82. The maximum atomic E-state index is 13.0. The number of aromatic nitrogens is 1. The molecule has 0 aliphatic heterocycles. The molecule has 0 aliphatic rings. The van der Waals surface area contributed by atoms with E-state index in [0.29, 0.717) is 22.8 Å². The van der Waals surface area contributed by atoms with E-state index in [0.717, 1.165) is 5.39 Å². The molecular weight excluding hydrogens is 217 g/mol. The average molecular weight is 226 g/mol. The number of benzene rings is 1. The van der Waals surface area contributed by atoms with E-state index in [1.165, 1.54) is 12.1 Å². The van der Waals surface area contributed by atoms with Crippen molar-refractivity contribution in [2.45, 2.75) is 6.61 Å². The molecule has 0 N–H and O–H groups in total. The third kappa shape index (κ3) is 2.08. The summed E-state index contributed by atoms with van der Waals surface area (Å²) in [7, 11) is 1.57. The molecule has 2 rings (SSSR count). The van der Waals surface area contributed by atoms with Gasteiger partial charge in [-0.05, 0) is 18.2 Å². The van der Waals surface area contributed by atoms with Gasteiger partial charge < -0.3 is 4.74 Å². The standard InChI is InChI=1S/C11H9ClFNO/c1-15-6-8-5-10(12)9-3-2-7(13)4-11(9)14-8/h2-5H,6H2,1H3. The van der Waals surface area contributed by atoms with Crippen molar-refractivity contribution in [2.75, 3.05) is 7.11 Å². The fourth-order valence-electron chi connectivity index (χ4n) is 1.43. The van der Waals surface area contributed by atoms with Gasteiger partial charge in [0, 0.05) is 18.6 Å². The molecule has 15 heavy (non-hydrogen) atoms. The van der Waals surface area contributed by atoms with Crippen LogP contribution >= 0.6 is 11.6 Å². The summed E-state index contributed by atoms with van der Waals surface area (Å²) in [6.45, 7) is 0.367. The molecule has 0 saturated heterocycles. The molecule has 1 aromatic heterocycles. The maximum absolute atomic E-state index is 13.0. The van der Waals surface area contributed by atoms with Crippen molar-refractivity contribution in [3.63, 3.8) is 0 Å². The molecule has 1 heterocycles. The first-order chi connectivity index (χ1) is 7.20. The summed E-state index contributed by atoms with van der Waals surface area (Å²) >= 11 is 6.03. The van der Waals surface area contributed by atoms with Gasteiger partial charge in [0.1, 0.15) is 5.82 Å². The van der Waals surface area contributed by atoms with Gasteiger partial charge in [-0.3, -0.25) is 4.98 Å². The molecule has 0 spiro atoms. The predicted octanol–water partition coefficient (Wildman–Crippen LogP) is 3.17. The molecule has 0 saturated carbocycles. The molecule has 0 atom stereocenters. The van der Waals surface area contributed by atoms with Crippen LogP contribution < -0.4 is 0 Å². The highest BCUT2D eigenvalue weighted by atomic mass is 35.5. The highest BCUT2D eigenvalue weighted by Gasteiger charge is 2.04. The summed E-state index contributed by atoms with van der Waals surface area (Å²) in [5, 5.41) is 1.31. The predicted molar refractivity (Wildman–Crippen MR) is 57.4 cm³/mol. The summed E-state index contributed by atoms with van der Waals surface area (Å²) in [4.78, 5) is 4.24. The van der Waals surface area contributed by atoms with Crippen LogP contribution in [-0.4, -0.2) is 12.1 Å². The summed E-state index contributed by atoms with van der Waals surface area (Å²) in [5.41, 5.74) is 1.25. The van der Waals surface area contributed by atoms with Crippen molar-refractivity contribution in [2.24, 2.45) is 0 Å². The number of ether oxygens (including phenoxy) is 1. The fourth-order valence-corrected chi connectivity index (χ4v) is 1.72. The van der Waals surface area contributed by atoms with E-state index < -0.39 is 0 Å². The van der Waals surface area contributed by atoms with E-state index in [1.54, 1.807) is 19.2 Å². The first kappa shape index (κ1) is 10.3. The van der Waals surface area contributed by atoms with E-state index >= 15 is 0 Å². The maximum Gasteiger partial charge on any atom is 0.125 e. The van der Waals surface area contributed by atoms with Crippen LogP contribution in [0.4, 0.5) is 4.39 Å². The van der Waals surface area contributed by atoms with Crippen LogP contribution in [0.3, 0.4) is 0 Å². The number of nitrogens with zero attached hydrogens (tertiary/aromatic N) is 1. The van der Waals surface area contributed by atoms with Crippen LogP contribution in [0.2, 0.25) is 5.02 Å². The lowest BCUT2D eigenvalue weighted by molar-refractivity contribution is 0.182. The largest absolute Gasteiger partial charge is 0.378 e. The van der Waals surface area contributed by atoms with E-state index in [2.05, 4.69) is 4.98 Å². The molecular formula is C11H9ClFNO. The van der Waals surface area contributed by atoms with E-state index in [1.807, 2.05) is 0 Å². The number of halogens is 2. The number of pyridine rings is 1. The highest BCUT2D eigenvalue weighted by molar-refractivity contribution is 6.35. The lowest BCUT2D eigenvalue weighted by Crippen LogP contribution is -1.93. The van der Waals surface area contributed by atoms with Crippen molar-refractivity contribution < 1.29 is 9.13 Å². The van der Waals surface area contributed by atoms with Gasteiger partial charge in [0.25, 0.3) is 0 Å². The SMILES string of the molecule is COCc1cc(Cl)c2ccc(F)cc2n1. The van der Waals surface area contributed by atoms with E-state index in [4.69, 9.17) is 16.3 Å². The van der Waals surface area contributed by atoms with Gasteiger partial charge in [0.2, 0.25) is 0 Å². The third-order valence-electron chi connectivity index (χ3n) is 2.07. The molecule has 0 aliphatic carbocycles. The van der Waals surface area contributed by atoms with E-state index in [-0.39, 0.29) is 5.82 Å². The lowest BCUT2D eigenvalue weighted by atomic mass is 10.2. The van der Waals surface area contributed by atoms with Crippen molar-refractivity contribution in [1.82, 2.24) is 4.98 Å². The molecule has 0 fully saturated rings. The van der Waals surface area contributed by atoms with Crippen LogP contribution in [0, 0.1) is 5.82 Å². The normalized spacial score (nSPS) is 10.9. The second kappa shape index (κ2) is 4.13. The molecule has 0 bridgehead atoms. The Balaban J connectivity index is 2.63. The number of hydrogen-bond acceptors (Lipinski definition) is 2. The zero-order valence-electron chi connectivity index (χ0n) is 8.13. The van der Waals surface area contributed by atoms with Gasteiger partial charge in [-0.15, -0.1) is 0 Å². The van der Waals surface area contributed by atoms with Crippen LogP contribution in [0.5, 0.6) is 0 Å². The summed E-state index contributed by atoms with van der Waals surface area (Å²) in [6.07, 6.45) is 0. The fraction of sp³-hybridized carbons (Fsp3) is 0.182. The Kier molecular flexibility index (Phi) is 2.84. The van der Waals surface area contributed by atoms with Crippen LogP contribution in [0.25, 0.3) is 10.9 Å². The molecule has 2 nitrogen and oxygen atoms in total. The summed E-state index contributed by atoms with van der Waals surface area (Å²) < 4.78 is 17.9. The lowest BCUT2D eigenvalue weighted by Gasteiger charge is -2.04. The topological polar surface area (TPSA) is 22.1 Å². The molecule has 0 radical (unpaired) electrons. The number of hydrogen-bond donors (Lipinski definition) is 0. The zero-order chi connectivity index (χ0) is 10.8. The summed E-state index contributed by atoms with van der Waals surface area (Å²) in [5.74, 6) is -0.319. The van der Waals surface area contributed by atoms with Crippen molar-refractivity contribution in [3.05, 3.63) is 40.8 Å². The minimum absolute atomic E-state index is 0.319. The van der Waals surface area contributed by atoms with Crippen molar-refractivity contribution in [1.29, 1.82) is 0 Å². The van der Waals surface area contributed by atoms with Gasteiger partial charge in [0.05, 0.1) is 22.8 Å². The van der Waals surface area contributed by atoms with Crippen LogP contribution in [0.1, 0.15) is 5.69 Å². The minimum atomic E-state index is -0.319. The van der Waals surface area contributed by atoms with Crippen molar-refractivity contribution in [3.8, 4) is 0 Å². The Bertz CT molecular complexity index is 501.